The Morgan fingerprint density at radius 3 is 1.41 bits per heavy atom. The van der Waals surface area contributed by atoms with E-state index in [0.29, 0.717) is 0 Å². The molecule has 0 bridgehead atoms. The highest BCUT2D eigenvalue weighted by Gasteiger charge is 2.48. The standard InChI is InChI=1S/C67H83BN2/c1-60(2,3)42-22-26-46(27-23-42)69-55-30-25-44(62(7,8)9)35-52(55)68-53-38-50-51(65(15,16)32-31-64(50,13)14)39-56(53)70(58-37-45(63(10,11)12)36-57(69)59(58)68)54-29-24-43(61(4,5)6)34-47(54)41-21-28-48-49(33-41)67(19,20)40-66(48,17)18/h21-30,33-39H,31-32,40H2,1-20H3. The highest BCUT2D eigenvalue weighted by molar-refractivity contribution is 7.00. The Hall–Kier alpha value is -5.02. The van der Waals surface area contributed by atoms with Gasteiger partial charge in [0.15, 0.2) is 0 Å². The minimum Gasteiger partial charge on any atom is -0.311 e. The van der Waals surface area contributed by atoms with Crippen LogP contribution in [0.4, 0.5) is 34.1 Å². The van der Waals surface area contributed by atoms with Gasteiger partial charge in [0.25, 0.3) is 6.71 Å². The predicted molar refractivity (Wildman–Crippen MR) is 307 cm³/mol. The topological polar surface area (TPSA) is 6.48 Å². The Labute approximate surface area is 424 Å². The first-order valence-corrected chi connectivity index (χ1v) is 26.7. The predicted octanol–water partition coefficient (Wildman–Crippen LogP) is 16.9. The summed E-state index contributed by atoms with van der Waals surface area (Å²) in [6, 6.07) is 42.5. The zero-order chi connectivity index (χ0) is 50.8. The molecule has 2 nitrogen and oxygen atoms in total. The molecule has 6 aromatic rings. The van der Waals surface area contributed by atoms with Crippen LogP contribution in [0.1, 0.15) is 202 Å². The molecular weight excluding hydrogens is 844 g/mol. The molecule has 0 saturated heterocycles. The second kappa shape index (κ2) is 15.3. The summed E-state index contributed by atoms with van der Waals surface area (Å²) < 4.78 is 0. The second-order valence-corrected chi connectivity index (χ2v) is 29.0. The summed E-state index contributed by atoms with van der Waals surface area (Å²) in [6.45, 7) is 48.2. The van der Waals surface area contributed by atoms with Crippen LogP contribution in [0.15, 0.2) is 103 Å². The maximum Gasteiger partial charge on any atom is 0.252 e. The van der Waals surface area contributed by atoms with Crippen molar-refractivity contribution in [3.63, 3.8) is 0 Å². The average molecular weight is 927 g/mol. The lowest BCUT2D eigenvalue weighted by molar-refractivity contribution is 0.332. The molecule has 0 spiro atoms. The molecule has 0 fully saturated rings. The minimum atomic E-state index is -0.121. The lowest BCUT2D eigenvalue weighted by Gasteiger charge is -2.48. The van der Waals surface area contributed by atoms with E-state index < -0.39 is 0 Å². The summed E-state index contributed by atoms with van der Waals surface area (Å²) in [5, 5.41) is 0. The van der Waals surface area contributed by atoms with Crippen LogP contribution in [0, 0.1) is 0 Å². The van der Waals surface area contributed by atoms with Gasteiger partial charge in [0.1, 0.15) is 0 Å². The van der Waals surface area contributed by atoms with Gasteiger partial charge in [0.2, 0.25) is 0 Å². The fourth-order valence-corrected chi connectivity index (χ4v) is 13.2. The Bertz CT molecular complexity index is 3110. The maximum absolute atomic E-state index is 2.75. The van der Waals surface area contributed by atoms with Crippen molar-refractivity contribution in [3.8, 4) is 11.1 Å². The molecule has 3 heteroatoms. The second-order valence-electron chi connectivity index (χ2n) is 29.0. The molecule has 0 saturated carbocycles. The van der Waals surface area contributed by atoms with E-state index >= 15 is 0 Å². The molecule has 0 N–H and O–H groups in total. The van der Waals surface area contributed by atoms with Gasteiger partial charge in [0, 0.05) is 34.0 Å². The van der Waals surface area contributed by atoms with Gasteiger partial charge in [-0.25, -0.2) is 0 Å². The van der Waals surface area contributed by atoms with E-state index in [9.17, 15) is 0 Å². The van der Waals surface area contributed by atoms with E-state index in [4.69, 9.17) is 0 Å². The molecule has 10 rings (SSSR count). The molecule has 4 aliphatic rings. The van der Waals surface area contributed by atoms with Gasteiger partial charge in [-0.15, -0.1) is 0 Å². The van der Waals surface area contributed by atoms with Crippen LogP contribution < -0.4 is 26.2 Å². The lowest BCUT2D eigenvalue weighted by atomic mass is 9.32. The van der Waals surface area contributed by atoms with Crippen LogP contribution in [-0.2, 0) is 43.3 Å². The molecule has 0 aromatic heterocycles. The van der Waals surface area contributed by atoms with Crippen molar-refractivity contribution in [1.29, 1.82) is 0 Å². The summed E-state index contributed by atoms with van der Waals surface area (Å²) in [7, 11) is 0. The SMILES string of the molecule is CC(C)(C)c1ccc(N2c3ccc(C(C)(C)C)cc3B3c4cc5c(cc4N(c4ccc(C(C)(C)C)cc4-c4ccc6c(c4)C(C)(C)CC6(C)C)c4cc(C(C)(C)C)cc2c43)C(C)(C)CCC5(C)C)cc1. The number of benzene rings is 6. The van der Waals surface area contributed by atoms with Crippen LogP contribution in [0.2, 0.25) is 0 Å². The molecule has 70 heavy (non-hydrogen) atoms. The van der Waals surface area contributed by atoms with Crippen LogP contribution in [0.5, 0.6) is 0 Å². The molecule has 2 aliphatic heterocycles. The van der Waals surface area contributed by atoms with E-state index in [1.807, 2.05) is 0 Å². The third-order valence-electron chi connectivity index (χ3n) is 17.5. The van der Waals surface area contributed by atoms with Gasteiger partial charge >= 0.3 is 0 Å². The summed E-state index contributed by atoms with van der Waals surface area (Å²) >= 11 is 0. The van der Waals surface area contributed by atoms with E-state index in [1.165, 1.54) is 113 Å². The Kier molecular flexibility index (Phi) is 10.6. The number of fused-ring (bicyclic) bond motifs is 6. The minimum absolute atomic E-state index is 0.0256. The van der Waals surface area contributed by atoms with Crippen LogP contribution in [0.3, 0.4) is 0 Å². The Balaban J connectivity index is 1.37. The average Bonchev–Trinajstić information content (AvgIpc) is 3.44. The van der Waals surface area contributed by atoms with E-state index in [1.54, 1.807) is 0 Å². The number of anilines is 6. The van der Waals surface area contributed by atoms with Crippen molar-refractivity contribution in [2.75, 3.05) is 9.80 Å². The van der Waals surface area contributed by atoms with E-state index in [2.05, 4.69) is 251 Å². The van der Waals surface area contributed by atoms with E-state index in [-0.39, 0.29) is 50.0 Å². The summed E-state index contributed by atoms with van der Waals surface area (Å²) in [4.78, 5) is 5.38. The van der Waals surface area contributed by atoms with Crippen molar-refractivity contribution in [3.05, 3.63) is 148 Å². The van der Waals surface area contributed by atoms with Crippen LogP contribution >= 0.6 is 0 Å². The third-order valence-corrected chi connectivity index (χ3v) is 17.5. The fourth-order valence-electron chi connectivity index (χ4n) is 13.2. The third kappa shape index (κ3) is 7.73. The smallest absolute Gasteiger partial charge is 0.252 e. The number of nitrogens with zero attached hydrogens (tertiary/aromatic N) is 2. The normalized spacial score (nSPS) is 18.5. The summed E-state index contributed by atoms with van der Waals surface area (Å²) in [5.41, 5.74) is 26.0. The number of rotatable bonds is 3. The molecular formula is C67H83BN2. The van der Waals surface area contributed by atoms with Gasteiger partial charge in [-0.1, -0.05) is 193 Å². The van der Waals surface area contributed by atoms with Gasteiger partial charge in [0.05, 0.1) is 5.69 Å². The lowest BCUT2D eigenvalue weighted by Crippen LogP contribution is -2.62. The van der Waals surface area contributed by atoms with E-state index in [0.717, 1.165) is 12.8 Å². The van der Waals surface area contributed by atoms with Crippen molar-refractivity contribution < 1.29 is 0 Å². The Morgan fingerprint density at radius 2 is 0.843 bits per heavy atom. The fraction of sp³-hybridized carbons (Fsp3) is 0.463. The first-order chi connectivity index (χ1) is 32.2. The largest absolute Gasteiger partial charge is 0.311 e. The van der Waals surface area contributed by atoms with Crippen molar-refractivity contribution in [2.45, 2.75) is 201 Å². The quantitative estimate of drug-likeness (QED) is 0.163. The number of hydrogen-bond acceptors (Lipinski definition) is 2. The molecule has 0 atom stereocenters. The van der Waals surface area contributed by atoms with Crippen LogP contribution in [-0.4, -0.2) is 6.71 Å². The molecule has 0 amide bonds. The zero-order valence-corrected chi connectivity index (χ0v) is 46.9. The molecule has 2 aliphatic carbocycles. The number of hydrogen-bond donors (Lipinski definition) is 0. The maximum atomic E-state index is 2.75. The van der Waals surface area contributed by atoms with Gasteiger partial charge in [-0.05, 0) is 178 Å². The van der Waals surface area contributed by atoms with Crippen molar-refractivity contribution in [2.24, 2.45) is 0 Å². The van der Waals surface area contributed by atoms with Gasteiger partial charge < -0.3 is 9.80 Å². The molecule has 0 unspecified atom stereocenters. The molecule has 364 valence electrons. The molecule has 6 aromatic carbocycles. The Morgan fingerprint density at radius 1 is 0.371 bits per heavy atom. The van der Waals surface area contributed by atoms with Gasteiger partial charge in [-0.2, -0.15) is 0 Å². The molecule has 0 radical (unpaired) electrons. The highest BCUT2D eigenvalue weighted by atomic mass is 15.2. The monoisotopic (exact) mass is 927 g/mol. The highest BCUT2D eigenvalue weighted by Crippen LogP contribution is 2.55. The summed E-state index contributed by atoms with van der Waals surface area (Å²) in [6.07, 6.45) is 3.48. The summed E-state index contributed by atoms with van der Waals surface area (Å²) in [5.74, 6) is 0. The van der Waals surface area contributed by atoms with Crippen molar-refractivity contribution >= 4 is 57.2 Å². The first kappa shape index (κ1) is 48.6. The van der Waals surface area contributed by atoms with Crippen molar-refractivity contribution in [1.82, 2.24) is 0 Å². The molecule has 2 heterocycles. The van der Waals surface area contributed by atoms with Gasteiger partial charge in [-0.3, -0.25) is 0 Å². The first-order valence-electron chi connectivity index (χ1n) is 26.7. The zero-order valence-electron chi connectivity index (χ0n) is 46.9. The van der Waals surface area contributed by atoms with Crippen LogP contribution in [0.25, 0.3) is 11.1 Å².